The molecule has 0 aliphatic rings. The first-order valence-electron chi connectivity index (χ1n) is 6.58. The Balaban J connectivity index is 2.40. The van der Waals surface area contributed by atoms with Crippen molar-refractivity contribution in [3.63, 3.8) is 0 Å². The number of nitrogens with one attached hydrogen (secondary N) is 1. The third-order valence-corrected chi connectivity index (χ3v) is 4.09. The second-order valence-corrected chi connectivity index (χ2v) is 6.76. The maximum Gasteiger partial charge on any atom is 0.225 e. The van der Waals surface area contributed by atoms with Gasteiger partial charge in [0.25, 0.3) is 0 Å². The molecule has 0 saturated heterocycles. The van der Waals surface area contributed by atoms with Gasteiger partial charge in [-0.15, -0.1) is 0 Å². The fraction of sp³-hybridized carbons (Fsp3) is 0.500. The number of nitrogens with two attached hydrogens (primary N) is 1. The third-order valence-electron chi connectivity index (χ3n) is 2.74. The first-order chi connectivity index (χ1) is 9.38. The molecule has 1 unspecified atom stereocenters. The van der Waals surface area contributed by atoms with Crippen LogP contribution in [0.3, 0.4) is 0 Å². The first kappa shape index (κ1) is 16.6. The lowest BCUT2D eigenvalue weighted by molar-refractivity contribution is -0.115. The number of hydrogen-bond donors (Lipinski definition) is 2. The molecule has 0 aromatic heterocycles. The Kier molecular flexibility index (Phi) is 6.64. The predicted octanol–water partition coefficient (Wildman–Crippen LogP) is 2.53. The van der Waals surface area contributed by atoms with Gasteiger partial charge in [0.2, 0.25) is 5.91 Å². The number of anilines is 2. The number of halogens is 1. The van der Waals surface area contributed by atoms with E-state index < -0.39 is 16.6 Å². The van der Waals surface area contributed by atoms with Crippen molar-refractivity contribution in [3.05, 3.63) is 24.0 Å². The predicted molar refractivity (Wildman–Crippen MR) is 81.4 cm³/mol. The van der Waals surface area contributed by atoms with Crippen molar-refractivity contribution in [3.8, 4) is 0 Å². The minimum atomic E-state index is -1.01. The SMILES string of the molecule is CC(C)CCS(=O)CCC(=O)Nc1cc(N)ccc1F. The summed E-state index contributed by atoms with van der Waals surface area (Å²) in [4.78, 5) is 11.7. The molecule has 3 N–H and O–H groups in total. The highest BCUT2D eigenvalue weighted by Gasteiger charge is 2.09. The number of hydrogen-bond acceptors (Lipinski definition) is 3. The fourth-order valence-corrected chi connectivity index (χ4v) is 2.88. The number of carbonyl (C=O) groups excluding carboxylic acids is 1. The van der Waals surface area contributed by atoms with Crippen LogP contribution in [-0.4, -0.2) is 21.6 Å². The van der Waals surface area contributed by atoms with E-state index >= 15 is 0 Å². The molecule has 1 aromatic carbocycles. The molecule has 0 bridgehead atoms. The van der Waals surface area contributed by atoms with Gasteiger partial charge < -0.3 is 11.1 Å². The largest absolute Gasteiger partial charge is 0.399 e. The summed E-state index contributed by atoms with van der Waals surface area (Å²) in [6.07, 6.45) is 0.983. The van der Waals surface area contributed by atoms with E-state index in [1.54, 1.807) is 0 Å². The summed E-state index contributed by atoms with van der Waals surface area (Å²) in [5.74, 6) is 0.495. The zero-order valence-electron chi connectivity index (χ0n) is 11.8. The molecule has 1 rings (SSSR count). The second-order valence-electron chi connectivity index (χ2n) is 5.07. The summed E-state index contributed by atoms with van der Waals surface area (Å²) in [5, 5.41) is 2.44. The molecule has 0 saturated carbocycles. The molecular formula is C14H21FN2O2S. The van der Waals surface area contributed by atoms with Crippen molar-refractivity contribution < 1.29 is 13.4 Å². The van der Waals surface area contributed by atoms with Crippen molar-refractivity contribution >= 4 is 28.1 Å². The van der Waals surface area contributed by atoms with E-state index in [0.717, 1.165) is 6.42 Å². The summed E-state index contributed by atoms with van der Waals surface area (Å²) in [6.45, 7) is 4.12. The Morgan fingerprint density at radius 3 is 2.75 bits per heavy atom. The van der Waals surface area contributed by atoms with Crippen molar-refractivity contribution in [2.75, 3.05) is 22.6 Å². The number of nitrogen functional groups attached to an aromatic ring is 1. The lowest BCUT2D eigenvalue weighted by Gasteiger charge is -2.08. The van der Waals surface area contributed by atoms with Crippen molar-refractivity contribution in [2.45, 2.75) is 26.7 Å². The molecule has 112 valence electrons. The topological polar surface area (TPSA) is 72.2 Å². The monoisotopic (exact) mass is 300 g/mol. The van der Waals surface area contributed by atoms with Crippen molar-refractivity contribution in [1.29, 1.82) is 0 Å². The molecule has 0 fully saturated rings. The molecule has 6 heteroatoms. The van der Waals surface area contributed by atoms with Gasteiger partial charge in [0.05, 0.1) is 5.69 Å². The second kappa shape index (κ2) is 7.99. The van der Waals surface area contributed by atoms with E-state index in [9.17, 15) is 13.4 Å². The molecule has 0 radical (unpaired) electrons. The van der Waals surface area contributed by atoms with Gasteiger partial charge in [-0.05, 0) is 30.5 Å². The summed E-state index contributed by atoms with van der Waals surface area (Å²) in [6, 6.07) is 3.99. The molecule has 0 aliphatic heterocycles. The van der Waals surface area contributed by atoms with Gasteiger partial charge in [-0.3, -0.25) is 9.00 Å². The average molecular weight is 300 g/mol. The molecule has 1 atom stereocenters. The number of amides is 1. The van der Waals surface area contributed by atoms with Crippen LogP contribution in [0.1, 0.15) is 26.7 Å². The molecule has 1 amide bonds. The van der Waals surface area contributed by atoms with E-state index in [1.807, 2.05) is 0 Å². The Bertz CT molecular complexity index is 492. The molecule has 1 aromatic rings. The number of benzene rings is 1. The van der Waals surface area contributed by atoms with Crippen LogP contribution < -0.4 is 11.1 Å². The summed E-state index contributed by atoms with van der Waals surface area (Å²) < 4.78 is 25.1. The molecule has 4 nitrogen and oxygen atoms in total. The Morgan fingerprint density at radius 2 is 2.10 bits per heavy atom. The van der Waals surface area contributed by atoms with Gasteiger partial charge in [0.1, 0.15) is 5.82 Å². The Morgan fingerprint density at radius 1 is 1.40 bits per heavy atom. The Hall–Kier alpha value is -1.43. The van der Waals surface area contributed by atoms with Crippen LogP contribution in [0.4, 0.5) is 15.8 Å². The third kappa shape index (κ3) is 6.14. The molecular weight excluding hydrogens is 279 g/mol. The molecule has 20 heavy (non-hydrogen) atoms. The number of carbonyl (C=O) groups is 1. The van der Waals surface area contributed by atoms with Gasteiger partial charge in [-0.1, -0.05) is 13.8 Å². The van der Waals surface area contributed by atoms with Crippen LogP contribution in [0.25, 0.3) is 0 Å². The van der Waals surface area contributed by atoms with Gasteiger partial charge in [0.15, 0.2) is 0 Å². The summed E-state index contributed by atoms with van der Waals surface area (Å²) >= 11 is 0. The van der Waals surface area contributed by atoms with E-state index in [0.29, 0.717) is 23.1 Å². The van der Waals surface area contributed by atoms with E-state index in [1.165, 1.54) is 18.2 Å². The van der Waals surface area contributed by atoms with Gasteiger partial charge in [-0.25, -0.2) is 4.39 Å². The molecule has 0 aliphatic carbocycles. The van der Waals surface area contributed by atoms with E-state index in [-0.39, 0.29) is 18.0 Å². The van der Waals surface area contributed by atoms with Gasteiger partial charge in [0, 0.05) is 34.4 Å². The highest BCUT2D eigenvalue weighted by Crippen LogP contribution is 2.17. The van der Waals surface area contributed by atoms with E-state index in [4.69, 9.17) is 5.73 Å². The fourth-order valence-electron chi connectivity index (χ4n) is 1.53. The number of rotatable bonds is 7. The standard InChI is InChI=1S/C14H21FN2O2S/c1-10(2)5-7-20(19)8-6-14(18)17-13-9-11(16)3-4-12(13)15/h3-4,9-10H,5-8,16H2,1-2H3,(H,17,18). The maximum atomic E-state index is 13.4. The smallest absolute Gasteiger partial charge is 0.225 e. The van der Waals surface area contributed by atoms with Crippen LogP contribution in [0.15, 0.2) is 18.2 Å². The zero-order valence-corrected chi connectivity index (χ0v) is 12.6. The van der Waals surface area contributed by atoms with Gasteiger partial charge in [-0.2, -0.15) is 0 Å². The average Bonchev–Trinajstić information content (AvgIpc) is 2.38. The van der Waals surface area contributed by atoms with Crippen molar-refractivity contribution in [1.82, 2.24) is 0 Å². The Labute approximate surface area is 121 Å². The summed E-state index contributed by atoms with van der Waals surface area (Å²) in [5.41, 5.74) is 5.96. The van der Waals surface area contributed by atoms with Crippen LogP contribution >= 0.6 is 0 Å². The van der Waals surface area contributed by atoms with Crippen LogP contribution in [0, 0.1) is 11.7 Å². The summed E-state index contributed by atoms with van der Waals surface area (Å²) in [7, 11) is -1.01. The lowest BCUT2D eigenvalue weighted by atomic mass is 10.2. The van der Waals surface area contributed by atoms with Crippen LogP contribution in [0.5, 0.6) is 0 Å². The van der Waals surface area contributed by atoms with Gasteiger partial charge >= 0.3 is 0 Å². The van der Waals surface area contributed by atoms with Crippen LogP contribution in [0.2, 0.25) is 0 Å². The highest BCUT2D eigenvalue weighted by molar-refractivity contribution is 7.84. The quantitative estimate of drug-likeness (QED) is 0.760. The lowest BCUT2D eigenvalue weighted by Crippen LogP contribution is -2.17. The minimum absolute atomic E-state index is 0.0583. The highest BCUT2D eigenvalue weighted by atomic mass is 32.2. The first-order valence-corrected chi connectivity index (χ1v) is 8.07. The maximum absolute atomic E-state index is 13.4. The zero-order chi connectivity index (χ0) is 15.1. The van der Waals surface area contributed by atoms with Crippen molar-refractivity contribution in [2.24, 2.45) is 5.92 Å². The molecule has 0 spiro atoms. The molecule has 0 heterocycles. The minimum Gasteiger partial charge on any atom is -0.399 e. The van der Waals surface area contributed by atoms with Crippen LogP contribution in [-0.2, 0) is 15.6 Å². The normalized spacial score (nSPS) is 12.4. The van der Waals surface area contributed by atoms with E-state index in [2.05, 4.69) is 19.2 Å².